The number of fused-ring (bicyclic) bond motifs is 1. The van der Waals surface area contributed by atoms with Crippen LogP contribution in [-0.4, -0.2) is 20.9 Å². The first-order valence-electron chi connectivity index (χ1n) is 7.31. The van der Waals surface area contributed by atoms with Gasteiger partial charge in [0.1, 0.15) is 11.0 Å². The van der Waals surface area contributed by atoms with Gasteiger partial charge in [-0.05, 0) is 61.4 Å². The van der Waals surface area contributed by atoms with Gasteiger partial charge in [-0.25, -0.2) is 0 Å². The first-order valence-corrected chi connectivity index (χ1v) is 7.31. The number of carbonyl (C=O) groups excluding carboxylic acids is 1. The van der Waals surface area contributed by atoms with E-state index in [0.29, 0.717) is 6.42 Å². The fourth-order valence-corrected chi connectivity index (χ4v) is 2.22. The molecule has 2 aromatic carbocycles. The van der Waals surface area contributed by atoms with E-state index in [0.717, 1.165) is 22.4 Å². The van der Waals surface area contributed by atoms with Crippen LogP contribution >= 0.6 is 0 Å². The highest BCUT2D eigenvalue weighted by molar-refractivity contribution is 5.90. The summed E-state index contributed by atoms with van der Waals surface area (Å²) >= 11 is 0. The molecule has 0 fully saturated rings. The summed E-state index contributed by atoms with van der Waals surface area (Å²) in [4.78, 5) is 13.0. The van der Waals surface area contributed by atoms with E-state index in [4.69, 9.17) is 0 Å². The minimum atomic E-state index is 0.00153. The molecule has 0 aliphatic heterocycles. The van der Waals surface area contributed by atoms with Crippen LogP contribution < -0.4 is 5.32 Å². The fraction of sp³-hybridized carbons (Fsp3) is 0.235. The van der Waals surface area contributed by atoms with Crippen LogP contribution in [0.2, 0.25) is 0 Å². The first-order chi connectivity index (χ1) is 10.6. The van der Waals surface area contributed by atoms with Crippen LogP contribution in [0.3, 0.4) is 0 Å². The predicted octanol–water partition coefficient (Wildman–Crippen LogP) is 3.39. The maximum absolute atomic E-state index is 11.4. The number of aromatic nitrogens is 3. The molecule has 0 saturated carbocycles. The third-order valence-electron chi connectivity index (χ3n) is 3.70. The van der Waals surface area contributed by atoms with Crippen molar-refractivity contribution in [2.75, 3.05) is 5.32 Å². The molecular weight excluding hydrogens is 276 g/mol. The average molecular weight is 294 g/mol. The van der Waals surface area contributed by atoms with Crippen molar-refractivity contribution in [1.82, 2.24) is 15.0 Å². The number of amides is 1. The molecule has 22 heavy (non-hydrogen) atoms. The van der Waals surface area contributed by atoms with E-state index in [9.17, 15) is 4.79 Å². The number of hydrogen-bond donors (Lipinski definition) is 1. The summed E-state index contributed by atoms with van der Waals surface area (Å²) in [5.41, 5.74) is 5.81. The van der Waals surface area contributed by atoms with E-state index in [2.05, 4.69) is 29.4 Å². The van der Waals surface area contributed by atoms with Gasteiger partial charge in [-0.2, -0.15) is 4.80 Å². The monoisotopic (exact) mass is 294 g/mol. The second kappa shape index (κ2) is 5.60. The Kier molecular flexibility index (Phi) is 3.63. The summed E-state index contributed by atoms with van der Waals surface area (Å²) in [6, 6.07) is 11.6. The van der Waals surface area contributed by atoms with Crippen molar-refractivity contribution in [3.05, 3.63) is 47.5 Å². The molecule has 0 aliphatic carbocycles. The molecule has 0 spiro atoms. The Labute approximate surface area is 129 Å². The molecule has 112 valence electrons. The number of nitrogens with one attached hydrogen (secondary N) is 1. The molecule has 0 saturated heterocycles. The van der Waals surface area contributed by atoms with Crippen molar-refractivity contribution >= 4 is 22.6 Å². The number of benzene rings is 2. The number of nitrogens with zero attached hydrogens (tertiary/aromatic N) is 3. The highest BCUT2D eigenvalue weighted by Gasteiger charge is 2.07. The molecule has 1 aromatic heterocycles. The van der Waals surface area contributed by atoms with Crippen molar-refractivity contribution in [2.45, 2.75) is 27.2 Å². The Morgan fingerprint density at radius 2 is 1.59 bits per heavy atom. The third-order valence-corrected chi connectivity index (χ3v) is 3.70. The summed E-state index contributed by atoms with van der Waals surface area (Å²) in [5, 5.41) is 11.8. The van der Waals surface area contributed by atoms with Crippen LogP contribution in [0.15, 0.2) is 36.4 Å². The molecule has 1 N–H and O–H groups in total. The Bertz CT molecular complexity index is 795. The second-order valence-electron chi connectivity index (χ2n) is 5.36. The van der Waals surface area contributed by atoms with Crippen molar-refractivity contribution in [3.8, 4) is 5.69 Å². The van der Waals surface area contributed by atoms with Crippen LogP contribution in [0, 0.1) is 13.8 Å². The summed E-state index contributed by atoms with van der Waals surface area (Å²) < 4.78 is 0. The average Bonchev–Trinajstić information content (AvgIpc) is 2.91. The van der Waals surface area contributed by atoms with E-state index in [1.807, 2.05) is 43.3 Å². The molecule has 0 bridgehead atoms. The van der Waals surface area contributed by atoms with Gasteiger partial charge >= 0.3 is 0 Å². The summed E-state index contributed by atoms with van der Waals surface area (Å²) in [7, 11) is 0. The normalized spacial score (nSPS) is 10.9. The topological polar surface area (TPSA) is 59.8 Å². The van der Waals surface area contributed by atoms with Gasteiger partial charge in [0.2, 0.25) is 5.91 Å². The summed E-state index contributed by atoms with van der Waals surface area (Å²) in [5.74, 6) is 0.00153. The lowest BCUT2D eigenvalue weighted by molar-refractivity contribution is -0.115. The number of aryl methyl sites for hydroxylation is 2. The lowest BCUT2D eigenvalue weighted by Crippen LogP contribution is -2.09. The predicted molar refractivity (Wildman–Crippen MR) is 87.3 cm³/mol. The Balaban J connectivity index is 1.92. The third kappa shape index (κ3) is 2.70. The Morgan fingerprint density at radius 3 is 2.09 bits per heavy atom. The largest absolute Gasteiger partial charge is 0.326 e. The zero-order valence-corrected chi connectivity index (χ0v) is 12.9. The Hall–Kier alpha value is -2.69. The van der Waals surface area contributed by atoms with Crippen LogP contribution in [-0.2, 0) is 4.79 Å². The van der Waals surface area contributed by atoms with Crippen LogP contribution in [0.1, 0.15) is 24.5 Å². The molecule has 3 rings (SSSR count). The molecule has 0 atom stereocenters. The smallest absolute Gasteiger partial charge is 0.224 e. The van der Waals surface area contributed by atoms with Crippen molar-refractivity contribution in [2.24, 2.45) is 0 Å². The maximum atomic E-state index is 11.4. The molecule has 0 unspecified atom stereocenters. The Morgan fingerprint density at radius 1 is 1.05 bits per heavy atom. The summed E-state index contributed by atoms with van der Waals surface area (Å²) in [6.07, 6.45) is 0.465. The van der Waals surface area contributed by atoms with Gasteiger partial charge < -0.3 is 5.32 Å². The van der Waals surface area contributed by atoms with Crippen LogP contribution in [0.25, 0.3) is 16.7 Å². The van der Waals surface area contributed by atoms with E-state index >= 15 is 0 Å². The number of carbonyl (C=O) groups is 1. The molecule has 1 amide bonds. The summed E-state index contributed by atoms with van der Waals surface area (Å²) in [6.45, 7) is 5.96. The molecule has 5 heteroatoms. The zero-order valence-electron chi connectivity index (χ0n) is 12.9. The van der Waals surface area contributed by atoms with Crippen molar-refractivity contribution < 1.29 is 4.79 Å². The second-order valence-corrected chi connectivity index (χ2v) is 5.36. The molecule has 0 radical (unpaired) electrons. The first kappa shape index (κ1) is 14.3. The maximum Gasteiger partial charge on any atom is 0.224 e. The van der Waals surface area contributed by atoms with Gasteiger partial charge in [-0.3, -0.25) is 4.79 Å². The zero-order chi connectivity index (χ0) is 15.7. The van der Waals surface area contributed by atoms with E-state index in [-0.39, 0.29) is 5.91 Å². The van der Waals surface area contributed by atoms with Gasteiger partial charge in [0.05, 0.1) is 5.69 Å². The lowest BCUT2D eigenvalue weighted by atomic mass is 10.1. The minimum Gasteiger partial charge on any atom is -0.326 e. The highest BCUT2D eigenvalue weighted by atomic mass is 16.1. The van der Waals surface area contributed by atoms with Crippen LogP contribution in [0.5, 0.6) is 0 Å². The van der Waals surface area contributed by atoms with Gasteiger partial charge in [0.25, 0.3) is 0 Å². The molecule has 5 nitrogen and oxygen atoms in total. The minimum absolute atomic E-state index is 0.00153. The van der Waals surface area contributed by atoms with Gasteiger partial charge in [-0.1, -0.05) is 6.92 Å². The van der Waals surface area contributed by atoms with Gasteiger partial charge in [-0.15, -0.1) is 10.2 Å². The van der Waals surface area contributed by atoms with E-state index in [1.165, 1.54) is 11.1 Å². The number of rotatable bonds is 3. The van der Waals surface area contributed by atoms with E-state index in [1.54, 1.807) is 4.80 Å². The van der Waals surface area contributed by atoms with Crippen LogP contribution in [0.4, 0.5) is 5.69 Å². The highest BCUT2D eigenvalue weighted by Crippen LogP contribution is 2.18. The quantitative estimate of drug-likeness (QED) is 0.805. The van der Waals surface area contributed by atoms with Gasteiger partial charge in [0.15, 0.2) is 0 Å². The lowest BCUT2D eigenvalue weighted by Gasteiger charge is -2.04. The van der Waals surface area contributed by atoms with Crippen molar-refractivity contribution in [1.29, 1.82) is 0 Å². The standard InChI is InChI=1S/C17H18N4O/c1-4-17(22)18-13-5-7-14(8-6-13)21-19-15-9-11(2)12(3)10-16(15)20-21/h5-10H,4H2,1-3H3,(H,18,22). The van der Waals surface area contributed by atoms with Gasteiger partial charge in [0, 0.05) is 12.1 Å². The number of hydrogen-bond acceptors (Lipinski definition) is 3. The molecule has 3 aromatic rings. The SMILES string of the molecule is CCC(=O)Nc1ccc(-n2nc3cc(C)c(C)cc3n2)cc1. The molecule has 1 heterocycles. The van der Waals surface area contributed by atoms with E-state index < -0.39 is 0 Å². The molecular formula is C17H18N4O. The molecule has 0 aliphatic rings. The van der Waals surface area contributed by atoms with Crippen molar-refractivity contribution in [3.63, 3.8) is 0 Å². The number of anilines is 1. The fourth-order valence-electron chi connectivity index (χ4n) is 2.22.